The van der Waals surface area contributed by atoms with Crippen molar-refractivity contribution in [1.29, 1.82) is 0 Å². The van der Waals surface area contributed by atoms with E-state index in [0.29, 0.717) is 15.7 Å². The number of imide groups is 1. The monoisotopic (exact) mass is 315 g/mol. The molecule has 1 heterocycles. The van der Waals surface area contributed by atoms with Crippen LogP contribution in [0.15, 0.2) is 18.2 Å². The number of halogens is 2. The summed E-state index contributed by atoms with van der Waals surface area (Å²) >= 11 is 11.8. The summed E-state index contributed by atoms with van der Waals surface area (Å²) < 4.78 is 0. The third-order valence-corrected chi connectivity index (χ3v) is 3.69. The Morgan fingerprint density at radius 1 is 1.20 bits per heavy atom. The van der Waals surface area contributed by atoms with Gasteiger partial charge in [-0.3, -0.25) is 10.1 Å². The zero-order chi connectivity index (χ0) is 14.5. The van der Waals surface area contributed by atoms with Gasteiger partial charge in [0.05, 0.1) is 10.7 Å². The lowest BCUT2D eigenvalue weighted by molar-refractivity contribution is -0.124. The molecule has 1 aliphatic rings. The number of anilines is 1. The van der Waals surface area contributed by atoms with Crippen LogP contribution in [0, 0.1) is 5.92 Å². The molecule has 0 bridgehead atoms. The predicted molar refractivity (Wildman–Crippen MR) is 79.2 cm³/mol. The molecule has 0 atom stereocenters. The molecule has 1 aliphatic heterocycles. The van der Waals surface area contributed by atoms with Crippen molar-refractivity contribution in [2.75, 3.05) is 18.4 Å². The molecule has 3 N–H and O–H groups in total. The number of rotatable bonds is 2. The Hall–Kier alpha value is -1.30. The minimum absolute atomic E-state index is 0.128. The van der Waals surface area contributed by atoms with Gasteiger partial charge < -0.3 is 10.6 Å². The third kappa shape index (κ3) is 4.10. The summed E-state index contributed by atoms with van der Waals surface area (Å²) in [5.41, 5.74) is 0.370. The van der Waals surface area contributed by atoms with E-state index in [2.05, 4.69) is 16.0 Å². The molecule has 0 aromatic heterocycles. The highest BCUT2D eigenvalue weighted by atomic mass is 35.5. The first-order valence-corrected chi connectivity index (χ1v) is 7.09. The smallest absolute Gasteiger partial charge is 0.317 e. The van der Waals surface area contributed by atoms with Gasteiger partial charge in [-0.2, -0.15) is 0 Å². The van der Waals surface area contributed by atoms with Gasteiger partial charge in [-0.25, -0.2) is 4.79 Å². The number of hydrogen-bond donors (Lipinski definition) is 3. The summed E-state index contributed by atoms with van der Waals surface area (Å²) in [4.78, 5) is 23.7. The van der Waals surface area contributed by atoms with Crippen LogP contribution in [-0.4, -0.2) is 25.0 Å². The number of carbonyl (C=O) groups is 2. The van der Waals surface area contributed by atoms with Gasteiger partial charge in [0.15, 0.2) is 0 Å². The Labute approximate surface area is 127 Å². The van der Waals surface area contributed by atoms with Crippen LogP contribution in [0.5, 0.6) is 0 Å². The molecule has 1 saturated heterocycles. The first-order valence-electron chi connectivity index (χ1n) is 6.34. The van der Waals surface area contributed by atoms with Crippen LogP contribution in [0.2, 0.25) is 10.0 Å². The fourth-order valence-electron chi connectivity index (χ4n) is 2.04. The molecule has 1 aromatic carbocycles. The lowest BCUT2D eigenvalue weighted by Crippen LogP contribution is -2.42. The summed E-state index contributed by atoms with van der Waals surface area (Å²) in [6, 6.07) is 4.12. The number of urea groups is 1. The minimum atomic E-state index is -0.599. The van der Waals surface area contributed by atoms with Gasteiger partial charge >= 0.3 is 6.03 Å². The maximum atomic E-state index is 11.9. The van der Waals surface area contributed by atoms with Crippen molar-refractivity contribution in [1.82, 2.24) is 10.6 Å². The van der Waals surface area contributed by atoms with Crippen molar-refractivity contribution in [2.45, 2.75) is 12.8 Å². The maximum Gasteiger partial charge on any atom is 0.325 e. The van der Waals surface area contributed by atoms with E-state index >= 15 is 0 Å². The fraction of sp³-hybridized carbons (Fsp3) is 0.385. The summed E-state index contributed by atoms with van der Waals surface area (Å²) in [6.07, 6.45) is 1.47. The summed E-state index contributed by atoms with van der Waals surface area (Å²) in [5.74, 6) is -0.390. The number of nitrogens with one attached hydrogen (secondary N) is 3. The zero-order valence-corrected chi connectivity index (χ0v) is 12.2. The van der Waals surface area contributed by atoms with Gasteiger partial charge in [-0.15, -0.1) is 0 Å². The van der Waals surface area contributed by atoms with E-state index in [1.54, 1.807) is 12.1 Å². The molecule has 1 aromatic rings. The Balaban J connectivity index is 1.91. The second kappa shape index (κ2) is 6.92. The average Bonchev–Trinajstić information content (AvgIpc) is 2.43. The van der Waals surface area contributed by atoms with Gasteiger partial charge in [0, 0.05) is 10.9 Å². The molecular formula is C13H15Cl2N3O2. The molecule has 5 nitrogen and oxygen atoms in total. The number of benzene rings is 1. The van der Waals surface area contributed by atoms with E-state index in [-0.39, 0.29) is 11.8 Å². The Kier molecular flexibility index (Phi) is 5.23. The zero-order valence-electron chi connectivity index (χ0n) is 10.7. The van der Waals surface area contributed by atoms with Crippen molar-refractivity contribution in [3.8, 4) is 0 Å². The van der Waals surface area contributed by atoms with Gasteiger partial charge in [-0.05, 0) is 44.1 Å². The van der Waals surface area contributed by atoms with Crippen molar-refractivity contribution in [3.05, 3.63) is 28.2 Å². The molecule has 0 aliphatic carbocycles. The van der Waals surface area contributed by atoms with E-state index < -0.39 is 6.03 Å². The average molecular weight is 316 g/mol. The van der Waals surface area contributed by atoms with Gasteiger partial charge in [0.1, 0.15) is 0 Å². The second-order valence-electron chi connectivity index (χ2n) is 4.59. The molecule has 108 valence electrons. The van der Waals surface area contributed by atoms with Crippen LogP contribution in [0.25, 0.3) is 0 Å². The molecule has 0 unspecified atom stereocenters. The number of carbonyl (C=O) groups excluding carboxylic acids is 2. The number of piperidine rings is 1. The van der Waals surface area contributed by atoms with E-state index in [1.807, 2.05) is 0 Å². The van der Waals surface area contributed by atoms with Crippen LogP contribution in [0.1, 0.15) is 12.8 Å². The van der Waals surface area contributed by atoms with Crippen molar-refractivity contribution >= 4 is 40.8 Å². The standard InChI is InChI=1S/C13H15Cl2N3O2/c14-9-1-2-10(15)11(7-9)17-13(20)18-12(19)8-3-5-16-6-4-8/h1-2,7-8,16H,3-6H2,(H2,17,18,19,20). The first kappa shape index (κ1) is 15.1. The molecule has 0 radical (unpaired) electrons. The molecule has 3 amide bonds. The molecule has 7 heteroatoms. The second-order valence-corrected chi connectivity index (χ2v) is 5.44. The van der Waals surface area contributed by atoms with Gasteiger partial charge in [-0.1, -0.05) is 23.2 Å². The van der Waals surface area contributed by atoms with Crippen LogP contribution < -0.4 is 16.0 Å². The largest absolute Gasteiger partial charge is 0.325 e. The van der Waals surface area contributed by atoms with Crippen molar-refractivity contribution in [3.63, 3.8) is 0 Å². The highest BCUT2D eigenvalue weighted by molar-refractivity contribution is 6.35. The quantitative estimate of drug-likeness (QED) is 0.785. The summed E-state index contributed by atoms with van der Waals surface area (Å²) in [5, 5.41) is 8.82. The van der Waals surface area contributed by atoms with Gasteiger partial charge in [0.2, 0.25) is 5.91 Å². The van der Waals surface area contributed by atoms with Crippen LogP contribution >= 0.6 is 23.2 Å². The highest BCUT2D eigenvalue weighted by Gasteiger charge is 2.22. The van der Waals surface area contributed by atoms with E-state index in [0.717, 1.165) is 25.9 Å². The molecule has 0 spiro atoms. The van der Waals surface area contributed by atoms with Crippen molar-refractivity contribution in [2.24, 2.45) is 5.92 Å². The van der Waals surface area contributed by atoms with Crippen LogP contribution in [0.3, 0.4) is 0 Å². The SMILES string of the molecule is O=C(NC(=O)C1CCNCC1)Nc1cc(Cl)ccc1Cl. The highest BCUT2D eigenvalue weighted by Crippen LogP contribution is 2.25. The molecule has 20 heavy (non-hydrogen) atoms. The topological polar surface area (TPSA) is 70.2 Å². The Morgan fingerprint density at radius 3 is 2.60 bits per heavy atom. The molecular weight excluding hydrogens is 301 g/mol. The minimum Gasteiger partial charge on any atom is -0.317 e. The summed E-state index contributed by atoms with van der Waals surface area (Å²) in [6.45, 7) is 1.58. The number of amides is 3. The lowest BCUT2D eigenvalue weighted by atomic mass is 9.97. The normalized spacial score (nSPS) is 15.7. The number of hydrogen-bond acceptors (Lipinski definition) is 3. The third-order valence-electron chi connectivity index (χ3n) is 3.12. The Morgan fingerprint density at radius 2 is 1.90 bits per heavy atom. The summed E-state index contributed by atoms with van der Waals surface area (Å²) in [7, 11) is 0. The Bertz CT molecular complexity index is 516. The van der Waals surface area contributed by atoms with E-state index in [1.165, 1.54) is 6.07 Å². The van der Waals surface area contributed by atoms with Crippen molar-refractivity contribution < 1.29 is 9.59 Å². The lowest BCUT2D eigenvalue weighted by Gasteiger charge is -2.21. The maximum absolute atomic E-state index is 11.9. The molecule has 2 rings (SSSR count). The fourth-order valence-corrected chi connectivity index (χ4v) is 2.38. The predicted octanol–water partition coefficient (Wildman–Crippen LogP) is 2.64. The van der Waals surface area contributed by atoms with E-state index in [4.69, 9.17) is 23.2 Å². The molecule has 0 saturated carbocycles. The first-order chi connectivity index (χ1) is 9.56. The van der Waals surface area contributed by atoms with Gasteiger partial charge in [0.25, 0.3) is 0 Å². The van der Waals surface area contributed by atoms with E-state index in [9.17, 15) is 9.59 Å². The van der Waals surface area contributed by atoms with Crippen LogP contribution in [0.4, 0.5) is 10.5 Å². The van der Waals surface area contributed by atoms with Crippen LogP contribution in [-0.2, 0) is 4.79 Å². The molecule has 1 fully saturated rings.